The van der Waals surface area contributed by atoms with Gasteiger partial charge < -0.3 is 10.4 Å². The fourth-order valence-electron chi connectivity index (χ4n) is 1.94. The first kappa shape index (κ1) is 9.49. The maximum Gasteiger partial charge on any atom is 0.329 e. The first-order valence-electron chi connectivity index (χ1n) is 5.10. The Balaban J connectivity index is 1.95. The highest BCUT2D eigenvalue weighted by molar-refractivity contribution is 5.90. The molecule has 2 aliphatic rings. The predicted molar refractivity (Wildman–Crippen MR) is 49.6 cm³/mol. The third kappa shape index (κ3) is 1.38. The maximum absolute atomic E-state index is 11.6. The Hall–Kier alpha value is -1.06. The molecule has 1 amide bonds. The van der Waals surface area contributed by atoms with Crippen LogP contribution in [0.1, 0.15) is 32.6 Å². The van der Waals surface area contributed by atoms with Crippen LogP contribution < -0.4 is 5.32 Å². The van der Waals surface area contributed by atoms with Crippen molar-refractivity contribution in [3.8, 4) is 0 Å². The Bertz CT molecular complexity index is 283. The quantitative estimate of drug-likeness (QED) is 0.702. The number of carbonyl (C=O) groups excluding carboxylic acids is 1. The van der Waals surface area contributed by atoms with E-state index < -0.39 is 11.5 Å². The van der Waals surface area contributed by atoms with Gasteiger partial charge in [0.05, 0.1) is 0 Å². The molecule has 0 aromatic heterocycles. The molecule has 14 heavy (non-hydrogen) atoms. The minimum Gasteiger partial charge on any atom is -0.480 e. The van der Waals surface area contributed by atoms with Gasteiger partial charge in [0.25, 0.3) is 0 Å². The lowest BCUT2D eigenvalue weighted by Gasteiger charge is -2.38. The number of carboxylic acids is 1. The standard InChI is InChI=1S/C10H15NO3/c1-6-5-7(6)8(12)11-10(9(13)14)3-2-4-10/h6-7H,2-5H2,1H3,(H,11,12)(H,13,14). The molecule has 0 heterocycles. The number of carbonyl (C=O) groups is 2. The van der Waals surface area contributed by atoms with Crippen LogP contribution in [0.5, 0.6) is 0 Å². The van der Waals surface area contributed by atoms with E-state index in [9.17, 15) is 9.59 Å². The van der Waals surface area contributed by atoms with Crippen LogP contribution in [-0.4, -0.2) is 22.5 Å². The molecular weight excluding hydrogens is 182 g/mol. The molecule has 2 fully saturated rings. The Morgan fingerprint density at radius 2 is 2.00 bits per heavy atom. The molecule has 78 valence electrons. The molecule has 2 unspecified atom stereocenters. The van der Waals surface area contributed by atoms with E-state index >= 15 is 0 Å². The Morgan fingerprint density at radius 1 is 1.43 bits per heavy atom. The van der Waals surface area contributed by atoms with Crippen molar-refractivity contribution in [3.05, 3.63) is 0 Å². The number of hydrogen-bond donors (Lipinski definition) is 2. The van der Waals surface area contributed by atoms with Crippen LogP contribution in [0.15, 0.2) is 0 Å². The summed E-state index contributed by atoms with van der Waals surface area (Å²) in [6, 6.07) is 0. The van der Waals surface area contributed by atoms with Crippen molar-refractivity contribution >= 4 is 11.9 Å². The van der Waals surface area contributed by atoms with Crippen LogP contribution in [0, 0.1) is 11.8 Å². The highest BCUT2D eigenvalue weighted by Crippen LogP contribution is 2.40. The second kappa shape index (κ2) is 2.97. The van der Waals surface area contributed by atoms with Crippen molar-refractivity contribution in [3.63, 3.8) is 0 Å². The molecule has 2 atom stereocenters. The van der Waals surface area contributed by atoms with Gasteiger partial charge in [0, 0.05) is 5.92 Å². The summed E-state index contributed by atoms with van der Waals surface area (Å²) in [4.78, 5) is 22.5. The van der Waals surface area contributed by atoms with E-state index in [2.05, 4.69) is 5.32 Å². The van der Waals surface area contributed by atoms with Crippen LogP contribution in [-0.2, 0) is 9.59 Å². The van der Waals surface area contributed by atoms with Crippen LogP contribution >= 0.6 is 0 Å². The van der Waals surface area contributed by atoms with Gasteiger partial charge in [0.15, 0.2) is 0 Å². The topological polar surface area (TPSA) is 66.4 Å². The summed E-state index contributed by atoms with van der Waals surface area (Å²) in [5.74, 6) is -0.460. The fraction of sp³-hybridized carbons (Fsp3) is 0.800. The lowest BCUT2D eigenvalue weighted by atomic mass is 9.76. The van der Waals surface area contributed by atoms with Gasteiger partial charge in [-0.15, -0.1) is 0 Å². The SMILES string of the molecule is CC1CC1C(=O)NC1(C(=O)O)CCC1. The predicted octanol–water partition coefficient (Wildman–Crippen LogP) is 0.766. The van der Waals surface area contributed by atoms with Crippen molar-refractivity contribution in [2.24, 2.45) is 11.8 Å². The zero-order valence-corrected chi connectivity index (χ0v) is 8.25. The van der Waals surface area contributed by atoms with Crippen molar-refractivity contribution < 1.29 is 14.7 Å². The molecule has 0 radical (unpaired) electrons. The summed E-state index contributed by atoms with van der Waals surface area (Å²) < 4.78 is 0. The molecule has 2 aliphatic carbocycles. The largest absolute Gasteiger partial charge is 0.480 e. The first-order chi connectivity index (χ1) is 6.55. The van der Waals surface area contributed by atoms with E-state index in [0.29, 0.717) is 18.8 Å². The Labute approximate surface area is 82.7 Å². The Kier molecular flexibility index (Phi) is 2.01. The number of carboxylic acid groups (broad SMARTS) is 1. The van der Waals surface area contributed by atoms with Gasteiger partial charge in [0.1, 0.15) is 5.54 Å². The maximum atomic E-state index is 11.6. The molecule has 0 aliphatic heterocycles. The number of amides is 1. The van der Waals surface area contributed by atoms with Gasteiger partial charge in [-0.2, -0.15) is 0 Å². The molecule has 0 bridgehead atoms. The lowest BCUT2D eigenvalue weighted by molar-refractivity contribution is -0.152. The minimum absolute atomic E-state index is 0.0619. The number of hydrogen-bond acceptors (Lipinski definition) is 2. The van der Waals surface area contributed by atoms with Gasteiger partial charge in [-0.3, -0.25) is 4.79 Å². The van der Waals surface area contributed by atoms with Crippen LogP contribution in [0.4, 0.5) is 0 Å². The molecule has 2 N–H and O–H groups in total. The average Bonchev–Trinajstić information content (AvgIpc) is 2.74. The Morgan fingerprint density at radius 3 is 2.29 bits per heavy atom. The van der Waals surface area contributed by atoms with E-state index in [1.165, 1.54) is 0 Å². The summed E-state index contributed by atoms with van der Waals surface area (Å²) >= 11 is 0. The van der Waals surface area contributed by atoms with E-state index in [4.69, 9.17) is 5.11 Å². The second-order valence-corrected chi connectivity index (χ2v) is 4.55. The molecule has 2 saturated carbocycles. The summed E-state index contributed by atoms with van der Waals surface area (Å²) in [7, 11) is 0. The van der Waals surface area contributed by atoms with Crippen LogP contribution in [0.2, 0.25) is 0 Å². The summed E-state index contributed by atoms with van der Waals surface area (Å²) in [5.41, 5.74) is -0.931. The highest BCUT2D eigenvalue weighted by atomic mass is 16.4. The summed E-state index contributed by atoms with van der Waals surface area (Å²) in [6.45, 7) is 2.01. The molecule has 0 saturated heterocycles. The summed E-state index contributed by atoms with van der Waals surface area (Å²) in [6.07, 6.45) is 2.96. The molecule has 0 aromatic rings. The molecular formula is C10H15NO3. The molecule has 2 rings (SSSR count). The minimum atomic E-state index is -0.931. The van der Waals surface area contributed by atoms with Crippen LogP contribution in [0.3, 0.4) is 0 Å². The molecule has 0 aromatic carbocycles. The van der Waals surface area contributed by atoms with E-state index in [0.717, 1.165) is 12.8 Å². The van der Waals surface area contributed by atoms with E-state index in [1.807, 2.05) is 6.92 Å². The zero-order chi connectivity index (χ0) is 10.3. The van der Waals surface area contributed by atoms with E-state index in [1.54, 1.807) is 0 Å². The molecule has 0 spiro atoms. The van der Waals surface area contributed by atoms with Gasteiger partial charge in [-0.05, 0) is 31.6 Å². The smallest absolute Gasteiger partial charge is 0.329 e. The molecule has 4 nitrogen and oxygen atoms in total. The molecule has 4 heteroatoms. The van der Waals surface area contributed by atoms with Crippen molar-refractivity contribution in [2.45, 2.75) is 38.1 Å². The monoisotopic (exact) mass is 197 g/mol. The third-order valence-electron chi connectivity index (χ3n) is 3.43. The van der Waals surface area contributed by atoms with Crippen molar-refractivity contribution in [1.29, 1.82) is 0 Å². The lowest BCUT2D eigenvalue weighted by Crippen LogP contribution is -2.59. The summed E-state index contributed by atoms with van der Waals surface area (Å²) in [5, 5.41) is 11.7. The normalized spacial score (nSPS) is 32.9. The first-order valence-corrected chi connectivity index (χ1v) is 5.10. The van der Waals surface area contributed by atoms with Gasteiger partial charge in [-0.1, -0.05) is 6.92 Å². The highest BCUT2D eigenvalue weighted by Gasteiger charge is 2.49. The van der Waals surface area contributed by atoms with Crippen molar-refractivity contribution in [2.75, 3.05) is 0 Å². The van der Waals surface area contributed by atoms with Crippen LogP contribution in [0.25, 0.3) is 0 Å². The second-order valence-electron chi connectivity index (χ2n) is 4.55. The fourth-order valence-corrected chi connectivity index (χ4v) is 1.94. The van der Waals surface area contributed by atoms with Gasteiger partial charge in [0.2, 0.25) is 5.91 Å². The van der Waals surface area contributed by atoms with Crippen molar-refractivity contribution in [1.82, 2.24) is 5.32 Å². The number of nitrogens with one attached hydrogen (secondary N) is 1. The van der Waals surface area contributed by atoms with Gasteiger partial charge in [-0.25, -0.2) is 4.79 Å². The third-order valence-corrected chi connectivity index (χ3v) is 3.43. The van der Waals surface area contributed by atoms with Gasteiger partial charge >= 0.3 is 5.97 Å². The number of rotatable bonds is 3. The average molecular weight is 197 g/mol. The van der Waals surface area contributed by atoms with E-state index in [-0.39, 0.29) is 11.8 Å². The number of aliphatic carboxylic acids is 1. The zero-order valence-electron chi connectivity index (χ0n) is 8.25.